The number of benzene rings is 1. The van der Waals surface area contributed by atoms with Crippen LogP contribution in [0.25, 0.3) is 39.1 Å². The number of sulfonamides is 2. The van der Waals surface area contributed by atoms with E-state index in [0.29, 0.717) is 58.0 Å². The van der Waals surface area contributed by atoms with Gasteiger partial charge in [0.05, 0.1) is 70.2 Å². The quantitative estimate of drug-likeness (QED) is 0.0357. The number of aryl methyl sites for hydroxylation is 1. The summed E-state index contributed by atoms with van der Waals surface area (Å²) in [5, 5.41) is 28.8. The third-order valence-electron chi connectivity index (χ3n) is 16.3. The van der Waals surface area contributed by atoms with Gasteiger partial charge >= 0.3 is 11.9 Å². The Hall–Kier alpha value is -6.62. The fourth-order valence-corrected chi connectivity index (χ4v) is 12.4. The number of hydrogen-bond acceptors (Lipinski definition) is 16. The van der Waals surface area contributed by atoms with Gasteiger partial charge in [0.1, 0.15) is 23.2 Å². The molecular weight excluding hydrogens is 1100 g/mol. The lowest BCUT2D eigenvalue weighted by Gasteiger charge is -2.30. The monoisotopic (exact) mass is 1180 g/mol. The summed E-state index contributed by atoms with van der Waals surface area (Å²) in [5.74, 6) is -0.832. The molecule has 0 aliphatic heterocycles. The van der Waals surface area contributed by atoms with Crippen LogP contribution in [-0.2, 0) is 45.5 Å². The average molecular weight is 1190 g/mol. The molecular formula is C61H80N6O14S2. The third kappa shape index (κ3) is 13.8. The summed E-state index contributed by atoms with van der Waals surface area (Å²) in [6, 6.07) is 11.0. The van der Waals surface area contributed by atoms with Crippen molar-refractivity contribution in [2.24, 2.45) is 10.8 Å². The van der Waals surface area contributed by atoms with Gasteiger partial charge in [-0.3, -0.25) is 27.8 Å². The van der Waals surface area contributed by atoms with Gasteiger partial charge in [0, 0.05) is 32.7 Å². The number of anilines is 2. The number of allylic oxidation sites excluding steroid dienone is 4. The van der Waals surface area contributed by atoms with Gasteiger partial charge in [-0.15, -0.1) is 0 Å². The Morgan fingerprint density at radius 1 is 0.711 bits per heavy atom. The molecule has 3 aliphatic carbocycles. The van der Waals surface area contributed by atoms with Gasteiger partial charge in [-0.2, -0.15) is 9.97 Å². The molecule has 20 nitrogen and oxygen atoms in total. The Bertz CT molecular complexity index is 3570. The number of furan rings is 2. The molecule has 0 saturated heterocycles. The van der Waals surface area contributed by atoms with Crippen molar-refractivity contribution in [3.8, 4) is 11.3 Å². The second-order valence-corrected chi connectivity index (χ2v) is 27.4. The number of nitrogens with one attached hydrogen (secondary N) is 2. The Balaban J connectivity index is 0.918. The van der Waals surface area contributed by atoms with E-state index in [1.54, 1.807) is 66.8 Å². The maximum atomic E-state index is 13.7. The minimum absolute atomic E-state index is 0.00247. The summed E-state index contributed by atoms with van der Waals surface area (Å²) >= 11 is 0. The molecule has 4 N–H and O–H groups in total. The molecule has 2 amide bonds. The number of carbonyl (C=O) groups is 4. The fourth-order valence-electron chi connectivity index (χ4n) is 10.5. The number of amides is 2. The smallest absolute Gasteiger partial charge is 0.314 e. The van der Waals surface area contributed by atoms with E-state index in [9.17, 15) is 46.2 Å². The number of aliphatic hydroxyl groups excluding tert-OH is 2. The van der Waals surface area contributed by atoms with Crippen molar-refractivity contribution in [2.45, 2.75) is 156 Å². The standard InChI is InChI=1S/C61H80N6O14S2/c1-12-78-58(72)60(4,5)46(68)15-13-31-66(82(10,74)75)53-43(39-29-30-39)34-45-49(55(71)63-9)51(81-57(45)65-53)41-25-21-37(22-26-41)20-19-36(3)79-59(73)61(6,7)47(69)16-14-32-67(83(11,76)77)52-42(38-27-28-38)33-44-48(54(70)62-8)50(80-56(44)64-52)40-23-17-35(2)18-24-40/h17,21-23,25-26,33-34,36,38-39,46-47,68-69H,12-16,18-20,24,27-32H2,1-11H3,(H,62,70)(H,63,71). The van der Waals surface area contributed by atoms with E-state index >= 15 is 0 Å². The second-order valence-electron chi connectivity index (χ2n) is 23.6. The van der Waals surface area contributed by atoms with E-state index in [1.165, 1.54) is 21.2 Å². The van der Waals surface area contributed by atoms with Crippen LogP contribution in [0.1, 0.15) is 174 Å². The first kappa shape index (κ1) is 62.4. The average Bonchev–Trinajstić information content (AvgIpc) is 2.11. The van der Waals surface area contributed by atoms with Crippen LogP contribution in [0.2, 0.25) is 0 Å². The Morgan fingerprint density at radius 3 is 1.61 bits per heavy atom. The molecule has 4 heterocycles. The van der Waals surface area contributed by atoms with Crippen LogP contribution in [0, 0.1) is 10.8 Å². The number of hydrogen-bond donors (Lipinski definition) is 4. The predicted molar refractivity (Wildman–Crippen MR) is 318 cm³/mol. The highest BCUT2D eigenvalue weighted by atomic mass is 32.2. The van der Waals surface area contributed by atoms with Crippen LogP contribution in [0.15, 0.2) is 63.0 Å². The molecule has 0 spiro atoms. The lowest BCUT2D eigenvalue weighted by atomic mass is 9.84. The van der Waals surface area contributed by atoms with Crippen molar-refractivity contribution in [3.63, 3.8) is 0 Å². The summed E-state index contributed by atoms with van der Waals surface area (Å²) in [6.07, 6.45) is 9.50. The van der Waals surface area contributed by atoms with Gasteiger partial charge < -0.3 is 39.2 Å². The van der Waals surface area contributed by atoms with Crippen molar-refractivity contribution < 1.29 is 64.5 Å². The summed E-state index contributed by atoms with van der Waals surface area (Å²) in [5.41, 5.74) is 3.11. The Kier molecular flexibility index (Phi) is 18.7. The number of nitrogens with zero attached hydrogens (tertiary/aromatic N) is 4. The molecule has 0 bridgehead atoms. The Labute approximate surface area is 486 Å². The van der Waals surface area contributed by atoms with Gasteiger partial charge in [0.25, 0.3) is 11.8 Å². The topological polar surface area (TPSA) is 278 Å². The normalized spacial score (nSPS) is 16.2. The van der Waals surface area contributed by atoms with E-state index in [0.717, 1.165) is 55.8 Å². The first-order chi connectivity index (χ1) is 39.1. The number of fused-ring (bicyclic) bond motifs is 2. The van der Waals surface area contributed by atoms with Crippen LogP contribution in [0.3, 0.4) is 0 Å². The highest BCUT2D eigenvalue weighted by molar-refractivity contribution is 7.92. The zero-order chi connectivity index (χ0) is 60.5. The van der Waals surface area contributed by atoms with Crippen LogP contribution in [-0.4, -0.2) is 125 Å². The van der Waals surface area contributed by atoms with Gasteiger partial charge in [-0.25, -0.2) is 16.8 Å². The van der Waals surface area contributed by atoms with Crippen LogP contribution >= 0.6 is 0 Å². The second kappa shape index (κ2) is 24.9. The van der Waals surface area contributed by atoms with E-state index < -0.39 is 67.0 Å². The van der Waals surface area contributed by atoms with Crippen molar-refractivity contribution in [1.82, 2.24) is 20.6 Å². The maximum Gasteiger partial charge on any atom is 0.314 e. The van der Waals surface area contributed by atoms with Gasteiger partial charge in [0.15, 0.2) is 0 Å². The number of pyridine rings is 2. The molecule has 3 atom stereocenters. The van der Waals surface area contributed by atoms with Crippen molar-refractivity contribution in [1.29, 1.82) is 0 Å². The number of ether oxygens (including phenoxy) is 2. The van der Waals surface area contributed by atoms with Crippen molar-refractivity contribution >= 4 is 83.2 Å². The minimum atomic E-state index is -3.91. The summed E-state index contributed by atoms with van der Waals surface area (Å²) < 4.78 is 80.1. The molecule has 450 valence electrons. The highest BCUT2D eigenvalue weighted by Crippen LogP contribution is 2.49. The maximum absolute atomic E-state index is 13.7. The molecule has 3 aliphatic rings. The molecule has 22 heteroatoms. The predicted octanol–water partition coefficient (Wildman–Crippen LogP) is 9.23. The fraction of sp³-hybridized carbons (Fsp3) is 0.541. The number of aliphatic hydroxyl groups is 2. The number of carbonyl (C=O) groups excluding carboxylic acids is 4. The molecule has 83 heavy (non-hydrogen) atoms. The Morgan fingerprint density at radius 2 is 1.18 bits per heavy atom. The van der Waals surface area contributed by atoms with E-state index in [1.807, 2.05) is 37.3 Å². The van der Waals surface area contributed by atoms with E-state index in [2.05, 4.69) is 10.6 Å². The summed E-state index contributed by atoms with van der Waals surface area (Å²) in [4.78, 5) is 62.9. The lowest BCUT2D eigenvalue weighted by Crippen LogP contribution is -2.40. The number of rotatable bonds is 27. The molecule has 0 radical (unpaired) electrons. The highest BCUT2D eigenvalue weighted by Gasteiger charge is 2.41. The first-order valence-electron chi connectivity index (χ1n) is 28.6. The molecule has 1 aromatic carbocycles. The molecule has 5 aromatic rings. The third-order valence-corrected chi connectivity index (χ3v) is 18.6. The first-order valence-corrected chi connectivity index (χ1v) is 32.3. The number of esters is 2. The SMILES string of the molecule is CCOC(=O)C(C)(C)C(O)CCCN(c1nc2oc(-c3ccc(CCC(C)OC(=O)C(C)(C)C(O)CCCN(c4nc5oc(C6=CC=C(C)CC6)c(C(=O)NC)c5cc4C4CC4)S(C)(=O)=O)cc3)c(C(=O)NC)c2cc1C1CC1)S(C)(=O)=O. The molecule has 8 rings (SSSR count). The van der Waals surface area contributed by atoms with Gasteiger partial charge in [-0.1, -0.05) is 42.0 Å². The van der Waals surface area contributed by atoms with Crippen molar-refractivity contribution in [2.75, 3.05) is 54.9 Å². The minimum Gasteiger partial charge on any atom is -0.466 e. The zero-order valence-electron chi connectivity index (χ0n) is 49.5. The van der Waals surface area contributed by atoms with Crippen molar-refractivity contribution in [3.05, 3.63) is 87.7 Å². The molecule has 2 fully saturated rings. The summed E-state index contributed by atoms with van der Waals surface area (Å²) in [7, 11) is -4.76. The molecule has 2 saturated carbocycles. The molecule has 3 unspecified atom stereocenters. The zero-order valence-corrected chi connectivity index (χ0v) is 51.1. The number of aromatic nitrogens is 2. The van der Waals surface area contributed by atoms with E-state index in [4.69, 9.17) is 28.3 Å². The van der Waals surface area contributed by atoms with Crippen LogP contribution in [0.4, 0.5) is 11.6 Å². The van der Waals surface area contributed by atoms with Crippen LogP contribution in [0.5, 0.6) is 0 Å². The van der Waals surface area contributed by atoms with Gasteiger partial charge in [-0.05, 0) is 172 Å². The summed E-state index contributed by atoms with van der Waals surface area (Å²) in [6.45, 7) is 11.9. The van der Waals surface area contributed by atoms with E-state index in [-0.39, 0.29) is 97.5 Å². The van der Waals surface area contributed by atoms with Crippen LogP contribution < -0.4 is 19.2 Å². The lowest BCUT2D eigenvalue weighted by molar-refractivity contribution is -0.166. The largest absolute Gasteiger partial charge is 0.466 e. The molecule has 4 aromatic heterocycles. The van der Waals surface area contributed by atoms with Gasteiger partial charge in [0.2, 0.25) is 31.5 Å².